The first-order valence-corrected chi connectivity index (χ1v) is 7.59. The molecule has 1 N–H and O–H groups in total. The molecule has 1 fully saturated rings. The molecule has 0 radical (unpaired) electrons. The van der Waals surface area contributed by atoms with Crippen LogP contribution in [0.5, 0.6) is 0 Å². The lowest BCUT2D eigenvalue weighted by Gasteiger charge is -2.12. The molecule has 0 spiro atoms. The monoisotopic (exact) mass is 330 g/mol. The van der Waals surface area contributed by atoms with E-state index in [2.05, 4.69) is 10.4 Å². The van der Waals surface area contributed by atoms with Crippen molar-refractivity contribution in [3.63, 3.8) is 0 Å². The smallest absolute Gasteiger partial charge is 0.276 e. The number of carbonyl (C=O) groups excluding carboxylic acids is 1. The Kier molecular flexibility index (Phi) is 4.20. The van der Waals surface area contributed by atoms with Crippen LogP contribution in [0.3, 0.4) is 0 Å². The van der Waals surface area contributed by atoms with Gasteiger partial charge in [-0.25, -0.2) is 4.39 Å². The lowest BCUT2D eigenvalue weighted by Crippen LogP contribution is -2.29. The quantitative estimate of drug-likeness (QED) is 0.690. The van der Waals surface area contributed by atoms with Gasteiger partial charge in [0.05, 0.1) is 12.7 Å². The molecular weight excluding hydrogens is 315 g/mol. The van der Waals surface area contributed by atoms with Crippen LogP contribution in [-0.4, -0.2) is 25.7 Å². The van der Waals surface area contributed by atoms with Crippen LogP contribution in [0.4, 0.5) is 4.39 Å². The minimum atomic E-state index is -0.351. The van der Waals surface area contributed by atoms with Gasteiger partial charge in [-0.2, -0.15) is 5.10 Å². The highest BCUT2D eigenvalue weighted by molar-refractivity contribution is 7.80. The van der Waals surface area contributed by atoms with Gasteiger partial charge in [0.2, 0.25) is 0 Å². The molecule has 118 valence electrons. The number of aryl methyl sites for hydroxylation is 1. The molecule has 1 aromatic heterocycles. The first-order chi connectivity index (χ1) is 11.1. The molecule has 1 saturated heterocycles. The summed E-state index contributed by atoms with van der Waals surface area (Å²) < 4.78 is 15.0. The molecule has 0 saturated carbocycles. The molecule has 0 atom stereocenters. The summed E-state index contributed by atoms with van der Waals surface area (Å²) in [4.78, 5) is 13.9. The van der Waals surface area contributed by atoms with Gasteiger partial charge in [0, 0.05) is 18.3 Å². The van der Waals surface area contributed by atoms with Crippen LogP contribution in [0, 0.1) is 5.82 Å². The topological polar surface area (TPSA) is 50.2 Å². The lowest BCUT2D eigenvalue weighted by molar-refractivity contribution is -0.122. The number of carbonyl (C=O) groups is 1. The summed E-state index contributed by atoms with van der Waals surface area (Å²) in [7, 11) is 0. The van der Waals surface area contributed by atoms with Gasteiger partial charge in [-0.05, 0) is 42.9 Å². The number of thiocarbonyl (C=S) groups is 1. The molecule has 23 heavy (non-hydrogen) atoms. The number of nitrogens with one attached hydrogen (secondary N) is 1. The number of nitrogens with zero attached hydrogens (tertiary/aromatic N) is 3. The maximum atomic E-state index is 13.2. The van der Waals surface area contributed by atoms with Gasteiger partial charge in [-0.3, -0.25) is 14.4 Å². The summed E-state index contributed by atoms with van der Waals surface area (Å²) in [6.45, 7) is 3.11. The predicted molar refractivity (Wildman–Crippen MR) is 88.6 cm³/mol. The van der Waals surface area contributed by atoms with Gasteiger partial charge in [0.1, 0.15) is 11.5 Å². The van der Waals surface area contributed by atoms with Crippen LogP contribution in [0.25, 0.3) is 6.08 Å². The highest BCUT2D eigenvalue weighted by Crippen LogP contribution is 2.17. The Labute approximate surface area is 138 Å². The number of hydrogen-bond donors (Lipinski definition) is 1. The second-order valence-electron chi connectivity index (χ2n) is 5.14. The number of rotatable bonds is 4. The van der Waals surface area contributed by atoms with Crippen molar-refractivity contribution in [2.75, 3.05) is 0 Å². The molecular formula is C16H15FN4OS. The minimum absolute atomic E-state index is 0.233. The molecule has 1 aliphatic heterocycles. The summed E-state index contributed by atoms with van der Waals surface area (Å²) in [6.07, 6.45) is 5.19. The van der Waals surface area contributed by atoms with Crippen LogP contribution < -0.4 is 5.32 Å². The fourth-order valence-corrected chi connectivity index (χ4v) is 2.58. The lowest BCUT2D eigenvalue weighted by atomic mass is 10.2. The second-order valence-corrected chi connectivity index (χ2v) is 5.53. The summed E-state index contributed by atoms with van der Waals surface area (Å²) in [6, 6.07) is 6.03. The van der Waals surface area contributed by atoms with Crippen LogP contribution >= 0.6 is 12.2 Å². The van der Waals surface area contributed by atoms with Gasteiger partial charge >= 0.3 is 0 Å². The molecule has 2 aromatic rings. The van der Waals surface area contributed by atoms with E-state index in [0.717, 1.165) is 12.1 Å². The highest BCUT2D eigenvalue weighted by atomic mass is 32.1. The standard InChI is InChI=1S/C16H15FN4OS/c1-2-20-9-12(8-18-20)10-21-15(22)14(19-16(21)23)7-11-4-3-5-13(17)6-11/h3-9H,2,10H2,1H3,(H,19,23)/b14-7+. The van der Waals surface area contributed by atoms with Crippen molar-refractivity contribution < 1.29 is 9.18 Å². The van der Waals surface area contributed by atoms with E-state index in [1.807, 2.05) is 13.1 Å². The van der Waals surface area contributed by atoms with E-state index < -0.39 is 0 Å². The molecule has 0 unspecified atom stereocenters. The number of halogens is 1. The van der Waals surface area contributed by atoms with E-state index in [-0.39, 0.29) is 11.7 Å². The average Bonchev–Trinajstić information content (AvgIpc) is 3.08. The second kappa shape index (κ2) is 6.29. The summed E-state index contributed by atoms with van der Waals surface area (Å²) >= 11 is 5.22. The van der Waals surface area contributed by atoms with E-state index in [1.54, 1.807) is 29.1 Å². The summed E-state index contributed by atoms with van der Waals surface area (Å²) in [5.74, 6) is -0.584. The van der Waals surface area contributed by atoms with Gasteiger partial charge in [-0.1, -0.05) is 12.1 Å². The minimum Gasteiger partial charge on any atom is -0.328 e. The first kappa shape index (κ1) is 15.4. The Morgan fingerprint density at radius 3 is 2.96 bits per heavy atom. The number of hydrogen-bond acceptors (Lipinski definition) is 3. The van der Waals surface area contributed by atoms with Crippen molar-refractivity contribution >= 4 is 29.3 Å². The van der Waals surface area contributed by atoms with E-state index in [0.29, 0.717) is 22.9 Å². The van der Waals surface area contributed by atoms with Crippen molar-refractivity contribution in [1.29, 1.82) is 0 Å². The zero-order chi connectivity index (χ0) is 16.4. The molecule has 5 nitrogen and oxygen atoms in total. The fourth-order valence-electron chi connectivity index (χ4n) is 2.32. The first-order valence-electron chi connectivity index (χ1n) is 7.18. The maximum Gasteiger partial charge on any atom is 0.276 e. The van der Waals surface area contributed by atoms with Gasteiger partial charge < -0.3 is 5.32 Å². The molecule has 1 aliphatic rings. The molecule has 3 rings (SSSR count). The number of benzene rings is 1. The number of aromatic nitrogens is 2. The van der Waals surface area contributed by atoms with Crippen molar-refractivity contribution in [3.05, 3.63) is 59.3 Å². The van der Waals surface area contributed by atoms with E-state index in [9.17, 15) is 9.18 Å². The molecule has 1 amide bonds. The zero-order valence-corrected chi connectivity index (χ0v) is 13.3. The largest absolute Gasteiger partial charge is 0.328 e. The summed E-state index contributed by atoms with van der Waals surface area (Å²) in [5, 5.41) is 7.40. The molecule has 2 heterocycles. The third-order valence-corrected chi connectivity index (χ3v) is 3.80. The Balaban J connectivity index is 1.79. The molecule has 0 bridgehead atoms. The van der Waals surface area contributed by atoms with Crippen LogP contribution in [0.1, 0.15) is 18.1 Å². The predicted octanol–water partition coefficient (Wildman–Crippen LogP) is 2.30. The number of amides is 1. The zero-order valence-electron chi connectivity index (χ0n) is 12.5. The van der Waals surface area contributed by atoms with Gasteiger partial charge in [0.15, 0.2) is 5.11 Å². The van der Waals surface area contributed by atoms with Crippen molar-refractivity contribution in [2.24, 2.45) is 0 Å². The van der Waals surface area contributed by atoms with E-state index in [4.69, 9.17) is 12.2 Å². The van der Waals surface area contributed by atoms with E-state index in [1.165, 1.54) is 17.0 Å². The van der Waals surface area contributed by atoms with E-state index >= 15 is 0 Å². The maximum absolute atomic E-state index is 13.2. The third kappa shape index (κ3) is 3.29. The van der Waals surface area contributed by atoms with Crippen molar-refractivity contribution in [1.82, 2.24) is 20.0 Å². The summed E-state index contributed by atoms with van der Waals surface area (Å²) in [5.41, 5.74) is 1.84. The van der Waals surface area contributed by atoms with Crippen molar-refractivity contribution in [2.45, 2.75) is 20.0 Å². The van der Waals surface area contributed by atoms with Crippen LogP contribution in [-0.2, 0) is 17.9 Å². The molecule has 1 aromatic carbocycles. The molecule has 7 heteroatoms. The highest BCUT2D eigenvalue weighted by Gasteiger charge is 2.30. The SMILES string of the molecule is CCn1cc(CN2C(=O)/C(=C\c3cccc(F)c3)NC2=S)cn1. The Hall–Kier alpha value is -2.54. The Morgan fingerprint density at radius 1 is 1.43 bits per heavy atom. The normalized spacial score (nSPS) is 16.3. The Morgan fingerprint density at radius 2 is 2.26 bits per heavy atom. The van der Waals surface area contributed by atoms with Gasteiger partial charge in [0.25, 0.3) is 5.91 Å². The third-order valence-electron chi connectivity index (χ3n) is 3.47. The van der Waals surface area contributed by atoms with Gasteiger partial charge in [-0.15, -0.1) is 0 Å². The fraction of sp³-hybridized carbons (Fsp3) is 0.188. The van der Waals surface area contributed by atoms with Crippen LogP contribution in [0.2, 0.25) is 0 Å². The van der Waals surface area contributed by atoms with Crippen LogP contribution in [0.15, 0.2) is 42.4 Å². The average molecular weight is 330 g/mol. The Bertz CT molecular complexity index is 799. The molecule has 0 aliphatic carbocycles. The van der Waals surface area contributed by atoms with Crippen molar-refractivity contribution in [3.8, 4) is 0 Å².